The van der Waals surface area contributed by atoms with E-state index >= 15 is 0 Å². The summed E-state index contributed by atoms with van der Waals surface area (Å²) in [6, 6.07) is 3.58. The molecule has 1 unspecified atom stereocenters. The highest BCUT2D eigenvalue weighted by Gasteiger charge is 2.44. The van der Waals surface area contributed by atoms with Crippen molar-refractivity contribution >= 4 is 5.69 Å². The van der Waals surface area contributed by atoms with Crippen molar-refractivity contribution < 1.29 is 9.47 Å². The Morgan fingerprint density at radius 3 is 2.67 bits per heavy atom. The van der Waals surface area contributed by atoms with Crippen LogP contribution in [-0.4, -0.2) is 17.4 Å². The van der Waals surface area contributed by atoms with Crippen molar-refractivity contribution in [3.8, 4) is 0 Å². The molecule has 2 N–H and O–H groups in total. The Morgan fingerprint density at radius 1 is 1.40 bits per heavy atom. The Hall–Kier alpha value is -1.13. The Bertz CT molecular complexity index is 379. The van der Waals surface area contributed by atoms with Gasteiger partial charge >= 0.3 is 0 Å². The van der Waals surface area contributed by atoms with Crippen LogP contribution < -0.4 is 5.73 Å². The molecule has 1 atom stereocenters. The summed E-state index contributed by atoms with van der Waals surface area (Å²) < 4.78 is 11.4. The fraction of sp³-hybridized carbons (Fsp3) is 0.545. The monoisotopic (exact) mass is 208 g/mol. The smallest absolute Gasteiger partial charge is 0.164 e. The minimum atomic E-state index is -0.555. The summed E-state index contributed by atoms with van der Waals surface area (Å²) in [5.41, 5.74) is 6.72. The minimum absolute atomic E-state index is 0.496. The summed E-state index contributed by atoms with van der Waals surface area (Å²) >= 11 is 0. The molecule has 2 heterocycles. The zero-order valence-electron chi connectivity index (χ0n) is 9.28. The predicted molar refractivity (Wildman–Crippen MR) is 57.1 cm³/mol. The molecule has 1 fully saturated rings. The van der Waals surface area contributed by atoms with Crippen molar-refractivity contribution in [2.45, 2.75) is 32.2 Å². The van der Waals surface area contributed by atoms with Gasteiger partial charge in [0.05, 0.1) is 12.3 Å². The van der Waals surface area contributed by atoms with Crippen LogP contribution in [0.4, 0.5) is 5.69 Å². The first-order valence-electron chi connectivity index (χ1n) is 4.97. The predicted octanol–water partition coefficient (Wildman–Crippen LogP) is 1.66. The van der Waals surface area contributed by atoms with Crippen molar-refractivity contribution in [3.63, 3.8) is 0 Å². The molecule has 0 aliphatic carbocycles. The summed E-state index contributed by atoms with van der Waals surface area (Å²) in [6.45, 7) is 6.25. The summed E-state index contributed by atoms with van der Waals surface area (Å²) in [4.78, 5) is 4.27. The zero-order valence-corrected chi connectivity index (χ0v) is 9.28. The molecule has 0 bridgehead atoms. The van der Waals surface area contributed by atoms with Gasteiger partial charge in [-0.3, -0.25) is 4.98 Å². The molecule has 0 aromatic carbocycles. The van der Waals surface area contributed by atoms with Crippen LogP contribution in [0.2, 0.25) is 0 Å². The second-order valence-electron chi connectivity index (χ2n) is 4.50. The molecule has 2 rings (SSSR count). The number of nitrogen functional groups attached to an aromatic ring is 1. The van der Waals surface area contributed by atoms with Gasteiger partial charge in [-0.2, -0.15) is 0 Å². The largest absolute Gasteiger partial charge is 0.399 e. The van der Waals surface area contributed by atoms with E-state index in [2.05, 4.69) is 4.98 Å². The molecule has 1 aliphatic heterocycles. The van der Waals surface area contributed by atoms with Gasteiger partial charge in [0, 0.05) is 11.9 Å². The average Bonchev–Trinajstić information content (AvgIpc) is 2.42. The van der Waals surface area contributed by atoms with Crippen LogP contribution in [0.15, 0.2) is 18.3 Å². The lowest BCUT2D eigenvalue weighted by molar-refractivity contribution is -0.160. The summed E-state index contributed by atoms with van der Waals surface area (Å²) in [6.07, 6.45) is 1.69. The molecule has 1 aromatic heterocycles. The zero-order chi connectivity index (χ0) is 11.1. The molecule has 0 amide bonds. The van der Waals surface area contributed by atoms with E-state index in [9.17, 15) is 0 Å². The molecule has 1 saturated heterocycles. The van der Waals surface area contributed by atoms with Crippen LogP contribution in [0.1, 0.15) is 26.5 Å². The Morgan fingerprint density at radius 2 is 2.13 bits per heavy atom. The van der Waals surface area contributed by atoms with Crippen LogP contribution in [-0.2, 0) is 15.1 Å². The van der Waals surface area contributed by atoms with E-state index in [1.165, 1.54) is 0 Å². The first kappa shape index (κ1) is 10.4. The van der Waals surface area contributed by atoms with Crippen molar-refractivity contribution in [2.75, 3.05) is 12.3 Å². The third kappa shape index (κ3) is 1.96. The van der Waals surface area contributed by atoms with Gasteiger partial charge in [0.2, 0.25) is 0 Å². The molecule has 15 heavy (non-hydrogen) atoms. The van der Waals surface area contributed by atoms with Crippen LogP contribution in [0, 0.1) is 0 Å². The average molecular weight is 208 g/mol. The highest BCUT2D eigenvalue weighted by Crippen LogP contribution is 2.37. The van der Waals surface area contributed by atoms with E-state index < -0.39 is 11.4 Å². The Kier molecular flexibility index (Phi) is 2.20. The fourth-order valence-corrected chi connectivity index (χ4v) is 1.78. The van der Waals surface area contributed by atoms with Gasteiger partial charge < -0.3 is 15.2 Å². The highest BCUT2D eigenvalue weighted by molar-refractivity contribution is 5.39. The van der Waals surface area contributed by atoms with Crippen molar-refractivity contribution in [3.05, 3.63) is 24.0 Å². The molecule has 1 aliphatic rings. The van der Waals surface area contributed by atoms with Gasteiger partial charge in [-0.15, -0.1) is 0 Å². The number of nitrogens with two attached hydrogens (primary N) is 1. The molecule has 82 valence electrons. The van der Waals surface area contributed by atoms with Gasteiger partial charge in [0.25, 0.3) is 0 Å². The van der Waals surface area contributed by atoms with Crippen molar-refractivity contribution in [2.24, 2.45) is 0 Å². The molecular formula is C11H16N2O2. The summed E-state index contributed by atoms with van der Waals surface area (Å²) in [5, 5.41) is 0. The Balaban J connectivity index is 2.31. The third-order valence-electron chi connectivity index (χ3n) is 2.49. The molecular weight excluding hydrogens is 192 g/mol. The molecule has 0 radical (unpaired) electrons. The first-order valence-corrected chi connectivity index (χ1v) is 4.97. The number of anilines is 1. The number of aromatic nitrogens is 1. The SMILES string of the molecule is CC1(C)OCC(C)(c2cc(N)ccn2)O1. The number of rotatable bonds is 1. The lowest BCUT2D eigenvalue weighted by atomic mass is 10.0. The fourth-order valence-electron chi connectivity index (χ4n) is 1.78. The standard InChI is InChI=1S/C11H16N2O2/c1-10(2)14-7-11(3,15-10)9-6-8(12)4-5-13-9/h4-6H,7H2,1-3H3,(H2,12,13). The minimum Gasteiger partial charge on any atom is -0.399 e. The van der Waals surface area contributed by atoms with Crippen LogP contribution in [0.25, 0.3) is 0 Å². The second-order valence-corrected chi connectivity index (χ2v) is 4.50. The molecule has 4 heteroatoms. The summed E-state index contributed by atoms with van der Waals surface area (Å²) in [5.74, 6) is -0.555. The number of ether oxygens (including phenoxy) is 2. The van der Waals surface area contributed by atoms with Gasteiger partial charge in [-0.05, 0) is 32.9 Å². The van der Waals surface area contributed by atoms with Gasteiger partial charge in [0.15, 0.2) is 5.79 Å². The normalized spacial score (nSPS) is 29.3. The first-order chi connectivity index (χ1) is 6.91. The van der Waals surface area contributed by atoms with Gasteiger partial charge in [0.1, 0.15) is 5.60 Å². The van der Waals surface area contributed by atoms with Crippen LogP contribution in [0.5, 0.6) is 0 Å². The summed E-state index contributed by atoms with van der Waals surface area (Å²) in [7, 11) is 0. The topological polar surface area (TPSA) is 57.4 Å². The van der Waals surface area contributed by atoms with E-state index in [1.54, 1.807) is 12.3 Å². The van der Waals surface area contributed by atoms with Gasteiger partial charge in [-0.1, -0.05) is 0 Å². The van der Waals surface area contributed by atoms with Crippen molar-refractivity contribution in [1.29, 1.82) is 0 Å². The van der Waals surface area contributed by atoms with E-state index in [0.29, 0.717) is 12.3 Å². The highest BCUT2D eigenvalue weighted by atomic mass is 16.8. The molecule has 0 saturated carbocycles. The van der Waals surface area contributed by atoms with Crippen LogP contribution >= 0.6 is 0 Å². The lowest BCUT2D eigenvalue weighted by Crippen LogP contribution is -2.29. The maximum Gasteiger partial charge on any atom is 0.164 e. The lowest BCUT2D eigenvalue weighted by Gasteiger charge is -2.24. The van der Waals surface area contributed by atoms with E-state index in [1.807, 2.05) is 26.8 Å². The third-order valence-corrected chi connectivity index (χ3v) is 2.49. The maximum absolute atomic E-state index is 5.84. The van der Waals surface area contributed by atoms with Crippen LogP contribution in [0.3, 0.4) is 0 Å². The molecule has 0 spiro atoms. The Labute approximate surface area is 89.4 Å². The number of nitrogens with zero attached hydrogens (tertiary/aromatic N) is 1. The second kappa shape index (κ2) is 3.18. The number of pyridine rings is 1. The number of hydrogen-bond donors (Lipinski definition) is 1. The quantitative estimate of drug-likeness (QED) is 0.762. The molecule has 4 nitrogen and oxygen atoms in total. The number of hydrogen-bond acceptors (Lipinski definition) is 4. The van der Waals surface area contributed by atoms with Crippen molar-refractivity contribution in [1.82, 2.24) is 4.98 Å². The maximum atomic E-state index is 5.84. The van der Waals surface area contributed by atoms with Gasteiger partial charge in [-0.25, -0.2) is 0 Å². The van der Waals surface area contributed by atoms with E-state index in [-0.39, 0.29) is 0 Å². The van der Waals surface area contributed by atoms with E-state index in [4.69, 9.17) is 15.2 Å². The molecule has 1 aromatic rings. The van der Waals surface area contributed by atoms with E-state index in [0.717, 1.165) is 5.69 Å².